The third kappa shape index (κ3) is 15.2. The van der Waals surface area contributed by atoms with Crippen LogP contribution in [0.15, 0.2) is 48.7 Å². The zero-order valence-corrected chi connectivity index (χ0v) is 25.0. The number of benzene rings is 1. The van der Waals surface area contributed by atoms with Crippen LogP contribution < -0.4 is 4.57 Å². The van der Waals surface area contributed by atoms with Crippen molar-refractivity contribution in [1.29, 1.82) is 0 Å². The van der Waals surface area contributed by atoms with Crippen molar-refractivity contribution in [2.45, 2.75) is 116 Å². The lowest BCUT2D eigenvalue weighted by atomic mass is 10.0. The lowest BCUT2D eigenvalue weighted by Crippen LogP contribution is -2.36. The van der Waals surface area contributed by atoms with Crippen molar-refractivity contribution < 1.29 is 23.6 Å². The molecule has 0 radical (unpaired) electrons. The molecule has 5 heteroatoms. The molecule has 1 aromatic carbocycles. The molecule has 1 atom stereocenters. The van der Waals surface area contributed by atoms with E-state index in [9.17, 15) is 4.79 Å². The van der Waals surface area contributed by atoms with Crippen molar-refractivity contribution in [2.75, 3.05) is 26.9 Å². The second-order valence-electron chi connectivity index (χ2n) is 10.8. The number of methoxy groups -OCH3 is 1. The molecule has 218 valence electrons. The Kier molecular flexibility index (Phi) is 18.2. The van der Waals surface area contributed by atoms with Crippen LogP contribution in [0.5, 0.6) is 0 Å². The van der Waals surface area contributed by atoms with E-state index in [4.69, 9.17) is 14.2 Å². The maximum atomic E-state index is 12.6. The molecule has 0 aliphatic heterocycles. The summed E-state index contributed by atoms with van der Waals surface area (Å²) in [5.74, 6) is -0.333. The predicted octanol–water partition coefficient (Wildman–Crippen LogP) is 8.00. The number of ether oxygens (including phenoxy) is 3. The van der Waals surface area contributed by atoms with Crippen LogP contribution in [0.25, 0.3) is 0 Å². The summed E-state index contributed by atoms with van der Waals surface area (Å²) in [4.78, 5) is 12.6. The Morgan fingerprint density at radius 3 is 2.05 bits per heavy atom. The van der Waals surface area contributed by atoms with Gasteiger partial charge in [0.15, 0.2) is 18.4 Å². The van der Waals surface area contributed by atoms with E-state index in [2.05, 4.69) is 24.5 Å². The summed E-state index contributed by atoms with van der Waals surface area (Å²) >= 11 is 0. The van der Waals surface area contributed by atoms with Crippen molar-refractivity contribution in [3.8, 4) is 0 Å². The van der Waals surface area contributed by atoms with E-state index in [0.717, 1.165) is 18.6 Å². The quantitative estimate of drug-likeness (QED) is 0.0814. The largest absolute Gasteiger partial charge is 0.459 e. The number of carbonyl (C=O) groups excluding carboxylic acids is 1. The minimum Gasteiger partial charge on any atom is -0.459 e. The number of pyridine rings is 1. The van der Waals surface area contributed by atoms with Gasteiger partial charge in [-0.2, -0.15) is 4.57 Å². The molecule has 1 unspecified atom stereocenters. The molecule has 0 spiro atoms. The summed E-state index contributed by atoms with van der Waals surface area (Å²) in [5, 5.41) is 0. The first-order valence-corrected chi connectivity index (χ1v) is 15.5. The van der Waals surface area contributed by atoms with Crippen molar-refractivity contribution in [2.24, 2.45) is 0 Å². The molecule has 0 aliphatic carbocycles. The number of aromatic nitrogens is 1. The Morgan fingerprint density at radius 2 is 1.44 bits per heavy atom. The minimum atomic E-state index is -0.333. The first kappa shape index (κ1) is 33.0. The average Bonchev–Trinajstić information content (AvgIpc) is 2.95. The molecule has 0 bridgehead atoms. The van der Waals surface area contributed by atoms with Crippen LogP contribution in [0, 0.1) is 6.92 Å². The van der Waals surface area contributed by atoms with Crippen LogP contribution >= 0.6 is 0 Å². The molecule has 0 fully saturated rings. The van der Waals surface area contributed by atoms with Crippen LogP contribution in [-0.4, -0.2) is 39.0 Å². The van der Waals surface area contributed by atoms with E-state index < -0.39 is 0 Å². The number of hydrogen-bond acceptors (Lipinski definition) is 4. The van der Waals surface area contributed by atoms with Gasteiger partial charge < -0.3 is 14.2 Å². The molecule has 1 aromatic heterocycles. The first-order chi connectivity index (χ1) is 19.1. The predicted molar refractivity (Wildman–Crippen MR) is 159 cm³/mol. The zero-order valence-electron chi connectivity index (χ0n) is 25.0. The van der Waals surface area contributed by atoms with Crippen LogP contribution in [0.2, 0.25) is 0 Å². The highest BCUT2D eigenvalue weighted by atomic mass is 16.6. The summed E-state index contributed by atoms with van der Waals surface area (Å²) in [5.41, 5.74) is 2.78. The summed E-state index contributed by atoms with van der Waals surface area (Å²) < 4.78 is 19.0. The molecule has 39 heavy (non-hydrogen) atoms. The average molecular weight is 541 g/mol. The van der Waals surface area contributed by atoms with E-state index in [0.29, 0.717) is 18.7 Å². The van der Waals surface area contributed by atoms with Crippen molar-refractivity contribution in [1.82, 2.24) is 0 Å². The summed E-state index contributed by atoms with van der Waals surface area (Å²) in [6.07, 6.45) is 20.7. The Hall–Kier alpha value is -2.24. The SMILES string of the molecule is CCCCCCCCCCCCCCCCOCC(COC(=O)c1cccc(C[n+]2ccccc2C)c1)OC. The van der Waals surface area contributed by atoms with Gasteiger partial charge in [0, 0.05) is 38.3 Å². The molecule has 0 aliphatic rings. The Labute approximate surface area is 238 Å². The normalized spacial score (nSPS) is 12.0. The summed E-state index contributed by atoms with van der Waals surface area (Å²) in [6.45, 7) is 6.41. The van der Waals surface area contributed by atoms with E-state index in [1.807, 2.05) is 36.5 Å². The number of aryl methyl sites for hydroxylation is 1. The molecular formula is C34H54NO4+. The fourth-order valence-electron chi connectivity index (χ4n) is 4.78. The van der Waals surface area contributed by atoms with Crippen LogP contribution in [0.4, 0.5) is 0 Å². The standard InChI is InChI=1S/C34H54NO4/c1-4-5-6-7-8-9-10-11-12-13-14-15-16-19-25-38-28-33(37-3)29-39-34(36)32-23-20-22-31(26-32)27-35-24-18-17-21-30(35)2/h17-18,20-24,26,33H,4-16,19,25,27-29H2,1-3H3/q+1. The first-order valence-electron chi connectivity index (χ1n) is 15.5. The molecule has 0 N–H and O–H groups in total. The van der Waals surface area contributed by atoms with Crippen LogP contribution in [-0.2, 0) is 20.8 Å². The van der Waals surface area contributed by atoms with Crippen LogP contribution in [0.3, 0.4) is 0 Å². The lowest BCUT2D eigenvalue weighted by molar-refractivity contribution is -0.694. The van der Waals surface area contributed by atoms with Crippen LogP contribution in [0.1, 0.15) is 118 Å². The second kappa shape index (κ2) is 21.6. The molecule has 5 nitrogen and oxygen atoms in total. The molecule has 2 aromatic rings. The second-order valence-corrected chi connectivity index (χ2v) is 10.8. The number of hydrogen-bond donors (Lipinski definition) is 0. The van der Waals surface area contributed by atoms with Gasteiger partial charge >= 0.3 is 5.97 Å². The number of carbonyl (C=O) groups is 1. The molecular weight excluding hydrogens is 486 g/mol. The van der Waals surface area contributed by atoms with Gasteiger partial charge in [-0.1, -0.05) is 109 Å². The van der Waals surface area contributed by atoms with Crippen molar-refractivity contribution >= 4 is 5.97 Å². The highest BCUT2D eigenvalue weighted by molar-refractivity contribution is 5.89. The Balaban J connectivity index is 1.50. The van der Waals surface area contributed by atoms with Gasteiger partial charge in [-0.25, -0.2) is 4.79 Å². The van der Waals surface area contributed by atoms with Crippen molar-refractivity contribution in [3.63, 3.8) is 0 Å². The maximum absolute atomic E-state index is 12.6. The molecule has 2 rings (SSSR count). The molecule has 1 heterocycles. The zero-order chi connectivity index (χ0) is 28.0. The topological polar surface area (TPSA) is 48.6 Å². The highest BCUT2D eigenvalue weighted by Crippen LogP contribution is 2.13. The van der Waals surface area contributed by atoms with E-state index >= 15 is 0 Å². The summed E-state index contributed by atoms with van der Waals surface area (Å²) in [6, 6.07) is 13.7. The third-order valence-corrected chi connectivity index (χ3v) is 7.36. The van der Waals surface area contributed by atoms with Gasteiger partial charge in [0.05, 0.1) is 12.2 Å². The van der Waals surface area contributed by atoms with Gasteiger partial charge in [0.25, 0.3) is 0 Å². The van der Waals surface area contributed by atoms with Gasteiger partial charge in [-0.3, -0.25) is 0 Å². The fraction of sp³-hybridized carbons (Fsp3) is 0.647. The number of esters is 1. The lowest BCUT2D eigenvalue weighted by Gasteiger charge is -2.16. The highest BCUT2D eigenvalue weighted by Gasteiger charge is 2.15. The maximum Gasteiger partial charge on any atom is 0.338 e. The fourth-order valence-corrected chi connectivity index (χ4v) is 4.78. The number of unbranched alkanes of at least 4 members (excludes halogenated alkanes) is 13. The molecule has 0 saturated heterocycles. The van der Waals surface area contributed by atoms with E-state index in [1.54, 1.807) is 13.2 Å². The molecule has 0 saturated carbocycles. The monoisotopic (exact) mass is 540 g/mol. The van der Waals surface area contributed by atoms with Gasteiger partial charge in [-0.15, -0.1) is 0 Å². The van der Waals surface area contributed by atoms with Gasteiger partial charge in [0.1, 0.15) is 12.7 Å². The van der Waals surface area contributed by atoms with Gasteiger partial charge in [0.2, 0.25) is 0 Å². The smallest absolute Gasteiger partial charge is 0.338 e. The minimum absolute atomic E-state index is 0.185. The summed E-state index contributed by atoms with van der Waals surface area (Å²) in [7, 11) is 1.63. The third-order valence-electron chi connectivity index (χ3n) is 7.36. The van der Waals surface area contributed by atoms with E-state index in [1.165, 1.54) is 89.2 Å². The van der Waals surface area contributed by atoms with Crippen molar-refractivity contribution in [3.05, 3.63) is 65.5 Å². The molecule has 0 amide bonds. The van der Waals surface area contributed by atoms with E-state index in [-0.39, 0.29) is 18.7 Å². The number of nitrogens with zero attached hydrogens (tertiary/aromatic N) is 1. The Morgan fingerprint density at radius 1 is 0.795 bits per heavy atom. The number of rotatable bonds is 23. The Bertz CT molecular complexity index is 900. The van der Waals surface area contributed by atoms with Gasteiger partial charge in [-0.05, 0) is 18.6 Å².